The van der Waals surface area contributed by atoms with Crippen LogP contribution in [0.15, 0.2) is 162 Å². The van der Waals surface area contributed by atoms with Gasteiger partial charge in [0.05, 0.1) is 16.1 Å². The predicted molar refractivity (Wildman–Crippen MR) is 184 cm³/mol. The first-order valence-electron chi connectivity index (χ1n) is 15.0. The van der Waals surface area contributed by atoms with Crippen molar-refractivity contribution in [3.63, 3.8) is 0 Å². The third-order valence-corrected chi connectivity index (χ3v) is 10.3. The second-order valence-corrected chi connectivity index (χ2v) is 12.6. The molecule has 0 saturated carbocycles. The van der Waals surface area contributed by atoms with Crippen molar-refractivity contribution in [3.05, 3.63) is 152 Å². The molecule has 0 saturated heterocycles. The Labute approximate surface area is 259 Å². The van der Waals surface area contributed by atoms with E-state index < -0.39 is 0 Å². The van der Waals surface area contributed by atoms with Gasteiger partial charge >= 0.3 is 6.98 Å². The van der Waals surface area contributed by atoms with E-state index in [1.807, 2.05) is 11.8 Å². The summed E-state index contributed by atoms with van der Waals surface area (Å²) in [6.45, 7) is 0.0586. The van der Waals surface area contributed by atoms with E-state index in [1.54, 1.807) is 0 Å². The molecule has 2 aliphatic heterocycles. The molecule has 0 radical (unpaired) electrons. The van der Waals surface area contributed by atoms with Gasteiger partial charge in [0, 0.05) is 38.2 Å². The quantitative estimate of drug-likeness (QED) is 0.194. The van der Waals surface area contributed by atoms with E-state index in [9.17, 15) is 0 Å². The lowest BCUT2D eigenvalue weighted by molar-refractivity contribution is 0.956. The van der Waals surface area contributed by atoms with Crippen molar-refractivity contribution in [1.82, 2.24) is 13.5 Å². The van der Waals surface area contributed by atoms with Crippen LogP contribution < -0.4 is 10.4 Å². The highest BCUT2D eigenvalue weighted by Crippen LogP contribution is 2.45. The number of para-hydroxylation sites is 2. The smallest absolute Gasteiger partial charge is 0.362 e. The Hall–Kier alpha value is -5.33. The van der Waals surface area contributed by atoms with Crippen molar-refractivity contribution in [3.8, 4) is 16.8 Å². The summed E-state index contributed by atoms with van der Waals surface area (Å²) in [5.74, 6) is 1.16. The summed E-state index contributed by atoms with van der Waals surface area (Å²) in [5.41, 5.74) is 9.76. The van der Waals surface area contributed by atoms with Gasteiger partial charge in [0.15, 0.2) is 0 Å². The van der Waals surface area contributed by atoms with E-state index in [4.69, 9.17) is 0 Å². The number of benzene rings is 5. The molecule has 0 unspecified atom stereocenters. The van der Waals surface area contributed by atoms with Crippen molar-refractivity contribution in [2.45, 2.75) is 9.92 Å². The molecule has 0 aliphatic carbocycles. The van der Waals surface area contributed by atoms with Gasteiger partial charge in [-0.3, -0.25) is 4.90 Å². The van der Waals surface area contributed by atoms with Gasteiger partial charge in [-0.25, -0.2) is 0 Å². The Kier molecular flexibility index (Phi) is 4.99. The monoisotopic (exact) mass is 580 g/mol. The number of rotatable bonds is 3. The number of fused-ring (bicyclic) bond motifs is 7. The van der Waals surface area contributed by atoms with Crippen LogP contribution in [0.25, 0.3) is 38.6 Å². The van der Waals surface area contributed by atoms with Gasteiger partial charge < -0.3 is 13.5 Å². The molecule has 0 atom stereocenters. The van der Waals surface area contributed by atoms with Crippen molar-refractivity contribution >= 4 is 63.2 Å². The average Bonchev–Trinajstić information content (AvgIpc) is 3.83. The van der Waals surface area contributed by atoms with Crippen molar-refractivity contribution in [2.75, 3.05) is 4.90 Å². The van der Waals surface area contributed by atoms with Crippen LogP contribution in [0.2, 0.25) is 0 Å². The first-order chi connectivity index (χ1) is 21.8. The first-order valence-corrected chi connectivity index (χ1v) is 15.8. The van der Waals surface area contributed by atoms with Gasteiger partial charge in [-0.15, -0.1) is 0 Å². The summed E-state index contributed by atoms with van der Waals surface area (Å²) in [4.78, 5) is 3.73. The molecule has 44 heavy (non-hydrogen) atoms. The highest BCUT2D eigenvalue weighted by molar-refractivity contribution is 7.99. The molecule has 0 N–H and O–H groups in total. The maximum atomic E-state index is 2.44. The summed E-state index contributed by atoms with van der Waals surface area (Å²) < 4.78 is 7.27. The maximum Gasteiger partial charge on any atom is 0.424 e. The van der Waals surface area contributed by atoms with E-state index in [2.05, 4.69) is 170 Å². The highest BCUT2D eigenvalue weighted by Gasteiger charge is 2.41. The summed E-state index contributed by atoms with van der Waals surface area (Å²) >= 11 is 1.86. The molecule has 6 heteroatoms. The summed E-state index contributed by atoms with van der Waals surface area (Å²) in [7, 11) is 0. The molecule has 206 valence electrons. The van der Waals surface area contributed by atoms with Crippen LogP contribution in [-0.4, -0.2) is 20.5 Å². The van der Waals surface area contributed by atoms with E-state index >= 15 is 0 Å². The fraction of sp³-hybridized carbons (Fsp3) is 0. The lowest BCUT2D eigenvalue weighted by Crippen LogP contribution is -2.53. The zero-order valence-corrected chi connectivity index (χ0v) is 24.5. The largest absolute Gasteiger partial charge is 0.424 e. The van der Waals surface area contributed by atoms with Gasteiger partial charge in [0.2, 0.25) is 0 Å². The van der Waals surface area contributed by atoms with Crippen LogP contribution in [0.4, 0.5) is 17.2 Å². The van der Waals surface area contributed by atoms with Gasteiger partial charge in [0.25, 0.3) is 0 Å². The van der Waals surface area contributed by atoms with Crippen molar-refractivity contribution in [2.24, 2.45) is 0 Å². The number of anilines is 3. The van der Waals surface area contributed by atoms with E-state index in [0.29, 0.717) is 0 Å². The minimum atomic E-state index is 0.0586. The fourth-order valence-corrected chi connectivity index (χ4v) is 8.39. The molecule has 10 rings (SSSR count). The molecule has 0 bridgehead atoms. The zero-order valence-electron chi connectivity index (χ0n) is 23.7. The van der Waals surface area contributed by atoms with E-state index in [0.717, 1.165) is 11.5 Å². The molecule has 8 aromatic rings. The minimum Gasteiger partial charge on any atom is -0.362 e. The molecule has 5 heterocycles. The lowest BCUT2D eigenvalue weighted by Gasteiger charge is -2.40. The van der Waals surface area contributed by atoms with Gasteiger partial charge in [0.1, 0.15) is 5.82 Å². The van der Waals surface area contributed by atoms with Crippen molar-refractivity contribution in [1.29, 1.82) is 0 Å². The molecule has 0 spiro atoms. The summed E-state index contributed by atoms with van der Waals surface area (Å²) in [5, 5.41) is 3.81. The Morgan fingerprint density at radius 1 is 0.523 bits per heavy atom. The van der Waals surface area contributed by atoms with Gasteiger partial charge in [-0.05, 0) is 84.2 Å². The topological polar surface area (TPSA) is 18.0 Å². The minimum absolute atomic E-state index is 0.0586. The molecule has 5 aromatic carbocycles. The molecule has 0 fully saturated rings. The predicted octanol–water partition coefficient (Wildman–Crippen LogP) is 9.09. The van der Waals surface area contributed by atoms with Crippen LogP contribution in [0.1, 0.15) is 0 Å². The third kappa shape index (κ3) is 3.31. The number of aromatic nitrogens is 3. The summed E-state index contributed by atoms with van der Waals surface area (Å²) in [6, 6.07) is 50.8. The zero-order chi connectivity index (χ0) is 28.8. The van der Waals surface area contributed by atoms with Crippen molar-refractivity contribution < 1.29 is 0 Å². The number of nitrogens with zero attached hydrogens (tertiary/aromatic N) is 4. The van der Waals surface area contributed by atoms with Gasteiger partial charge in [-0.2, -0.15) is 0 Å². The second kappa shape index (κ2) is 9.09. The van der Waals surface area contributed by atoms with Gasteiger partial charge in [-0.1, -0.05) is 90.6 Å². The van der Waals surface area contributed by atoms with E-state index in [1.165, 1.54) is 59.7 Å². The lowest BCUT2D eigenvalue weighted by atomic mass is 9.64. The normalized spacial score (nSPS) is 13.3. The fourth-order valence-electron chi connectivity index (χ4n) is 7.26. The molecule has 3 aromatic heterocycles. The van der Waals surface area contributed by atoms with E-state index in [-0.39, 0.29) is 6.98 Å². The van der Waals surface area contributed by atoms with Crippen LogP contribution in [0.3, 0.4) is 0 Å². The summed E-state index contributed by atoms with van der Waals surface area (Å²) in [6.07, 6.45) is 4.44. The Bertz CT molecular complexity index is 2330. The molecular weight excluding hydrogens is 555 g/mol. The number of hydrogen-bond donors (Lipinski definition) is 0. The molecule has 0 amide bonds. The Morgan fingerprint density at radius 2 is 1.18 bits per heavy atom. The van der Waals surface area contributed by atoms with Crippen LogP contribution in [0, 0.1) is 0 Å². The molecule has 2 aliphatic rings. The Morgan fingerprint density at radius 3 is 1.95 bits per heavy atom. The molecule has 4 nitrogen and oxygen atoms in total. The third-order valence-electron chi connectivity index (χ3n) is 9.14. The van der Waals surface area contributed by atoms with Crippen LogP contribution >= 0.6 is 11.8 Å². The first kappa shape index (κ1) is 24.2. The highest BCUT2D eigenvalue weighted by atomic mass is 32.2. The maximum absolute atomic E-state index is 2.44. The molecular formula is C38H25BN4S. The van der Waals surface area contributed by atoms with Crippen LogP contribution in [-0.2, 0) is 0 Å². The SMILES string of the molecule is c1ccc(-c2ccc(N3c4cc(-n5c6ccccc6c6ccccc65)cc5c4B(n4cccc4S5)n4cccc43)cc2)cc1. The second-order valence-electron chi connectivity index (χ2n) is 11.5. The Balaban J connectivity index is 1.25. The average molecular weight is 581 g/mol. The standard InChI is InChI=1S/C38H25BN4S/c1-2-10-26(11-3-1)27-18-20-28(21-19-27)43-34-24-29(42-32-14-6-4-12-30(32)31-13-5-7-15-33(31)42)25-35-38(34)39(40-22-8-16-36(40)43)41-23-9-17-37(41)44-35/h1-25H. The van der Waals surface area contributed by atoms with Crippen LogP contribution in [0.5, 0.6) is 0 Å². The number of hydrogen-bond acceptors (Lipinski definition) is 2.